The van der Waals surface area contributed by atoms with Gasteiger partial charge in [-0.25, -0.2) is 4.98 Å². The molecule has 1 unspecified atom stereocenters. The number of nitrogen functional groups attached to an aromatic ring is 1. The number of aromatic nitrogens is 4. The molecule has 0 spiro atoms. The second kappa shape index (κ2) is 11.1. The van der Waals surface area contributed by atoms with Crippen molar-refractivity contribution in [3.63, 3.8) is 0 Å². The first-order valence-electron chi connectivity index (χ1n) is 12.9. The van der Waals surface area contributed by atoms with Gasteiger partial charge >= 0.3 is 0 Å². The Balaban J connectivity index is 1.30. The van der Waals surface area contributed by atoms with Crippen molar-refractivity contribution in [1.29, 1.82) is 0 Å². The third-order valence-electron chi connectivity index (χ3n) is 6.84. The number of nitrogens with two attached hydrogens (primary N) is 1. The predicted octanol–water partition coefficient (Wildman–Crippen LogP) is 7.14. The number of benzene rings is 1. The van der Waals surface area contributed by atoms with Gasteiger partial charge in [-0.3, -0.25) is 4.98 Å². The molecule has 4 heterocycles. The summed E-state index contributed by atoms with van der Waals surface area (Å²) in [6, 6.07) is 14.7. The molecule has 0 amide bonds. The van der Waals surface area contributed by atoms with Crippen molar-refractivity contribution in [2.75, 3.05) is 11.1 Å². The fourth-order valence-electron chi connectivity index (χ4n) is 4.89. The van der Waals surface area contributed by atoms with E-state index in [1.54, 1.807) is 6.20 Å². The molecular formula is C29H34N6S. The van der Waals surface area contributed by atoms with Crippen molar-refractivity contribution < 1.29 is 0 Å². The lowest BCUT2D eigenvalue weighted by molar-refractivity contribution is 0.522. The van der Waals surface area contributed by atoms with E-state index in [-0.39, 0.29) is 0 Å². The molecule has 0 radical (unpaired) electrons. The second-order valence-electron chi connectivity index (χ2n) is 9.51. The normalized spacial score (nSPS) is 12.4. The van der Waals surface area contributed by atoms with E-state index in [9.17, 15) is 0 Å². The molecule has 0 aliphatic carbocycles. The summed E-state index contributed by atoms with van der Waals surface area (Å²) in [4.78, 5) is 10.6. The number of pyridine rings is 1. The lowest BCUT2D eigenvalue weighted by Gasteiger charge is -2.18. The highest BCUT2D eigenvalue weighted by Gasteiger charge is 2.17. The standard InChI is InChI=1S/C29H34N6S/c1-3-9-22(11-4-6-14-26-28(30)23-12-5-7-13-25(23)36-26)24-16-27(32-19-21-10-8-15-31-18-21)35-29(34-24)20(2)17-33-35/h5,7-8,10,12-13,15-18,22,32H,3-4,6,9,11,14,19,30H2,1-2H3. The zero-order valence-corrected chi connectivity index (χ0v) is 21.9. The van der Waals surface area contributed by atoms with Crippen molar-refractivity contribution >= 4 is 38.6 Å². The van der Waals surface area contributed by atoms with Crippen LogP contribution in [0, 0.1) is 6.92 Å². The van der Waals surface area contributed by atoms with E-state index in [4.69, 9.17) is 10.7 Å². The fraction of sp³-hybridized carbons (Fsp3) is 0.345. The average Bonchev–Trinajstić information content (AvgIpc) is 3.44. The van der Waals surface area contributed by atoms with E-state index in [1.165, 1.54) is 15.0 Å². The first kappa shape index (κ1) is 24.3. The Morgan fingerprint density at radius 1 is 1.08 bits per heavy atom. The Morgan fingerprint density at radius 2 is 1.97 bits per heavy atom. The van der Waals surface area contributed by atoms with Crippen LogP contribution < -0.4 is 11.1 Å². The van der Waals surface area contributed by atoms with Gasteiger partial charge in [0.15, 0.2) is 5.65 Å². The lowest BCUT2D eigenvalue weighted by atomic mass is 9.92. The number of unbranched alkanes of at least 4 members (excludes halogenated alkanes) is 1. The highest BCUT2D eigenvalue weighted by molar-refractivity contribution is 7.19. The molecule has 1 atom stereocenters. The Hall–Kier alpha value is -3.45. The molecular weight excluding hydrogens is 464 g/mol. The van der Waals surface area contributed by atoms with Gasteiger partial charge < -0.3 is 11.1 Å². The maximum absolute atomic E-state index is 6.45. The maximum Gasteiger partial charge on any atom is 0.160 e. The second-order valence-corrected chi connectivity index (χ2v) is 10.6. The van der Waals surface area contributed by atoms with Crippen molar-refractivity contribution in [2.45, 2.75) is 64.8 Å². The summed E-state index contributed by atoms with van der Waals surface area (Å²) in [5, 5.41) is 9.34. The van der Waals surface area contributed by atoms with Gasteiger partial charge in [0, 0.05) is 57.1 Å². The van der Waals surface area contributed by atoms with Crippen LogP contribution in [0.15, 0.2) is 61.1 Å². The summed E-state index contributed by atoms with van der Waals surface area (Å²) in [5.41, 5.74) is 11.7. The van der Waals surface area contributed by atoms with Crippen LogP contribution in [0.4, 0.5) is 11.5 Å². The van der Waals surface area contributed by atoms with E-state index in [1.807, 2.05) is 34.3 Å². The predicted molar refractivity (Wildman–Crippen MR) is 151 cm³/mol. The SMILES string of the molecule is CCCC(CCCCc1sc2ccccc2c1N)c1cc(NCc2cccnc2)n2ncc(C)c2n1. The largest absolute Gasteiger partial charge is 0.397 e. The molecule has 1 aromatic carbocycles. The molecule has 0 aliphatic heterocycles. The fourth-order valence-corrected chi connectivity index (χ4v) is 6.05. The van der Waals surface area contributed by atoms with Gasteiger partial charge in [0.25, 0.3) is 0 Å². The number of rotatable bonds is 11. The topological polar surface area (TPSA) is 81.1 Å². The molecule has 0 saturated heterocycles. The monoisotopic (exact) mass is 498 g/mol. The number of aryl methyl sites for hydroxylation is 2. The molecule has 0 saturated carbocycles. The van der Waals surface area contributed by atoms with Gasteiger partial charge in [0.05, 0.1) is 11.9 Å². The summed E-state index contributed by atoms with van der Waals surface area (Å²) in [6.45, 7) is 5.03. The molecule has 5 aromatic rings. The van der Waals surface area contributed by atoms with Crippen LogP contribution in [0.25, 0.3) is 15.7 Å². The third-order valence-corrected chi connectivity index (χ3v) is 8.08. The quantitative estimate of drug-likeness (QED) is 0.189. The lowest BCUT2D eigenvalue weighted by Crippen LogP contribution is -2.10. The van der Waals surface area contributed by atoms with Crippen molar-refractivity contribution in [1.82, 2.24) is 19.6 Å². The molecule has 5 rings (SSSR count). The van der Waals surface area contributed by atoms with Gasteiger partial charge in [-0.15, -0.1) is 11.3 Å². The molecule has 0 fully saturated rings. The van der Waals surface area contributed by atoms with Crippen LogP contribution >= 0.6 is 11.3 Å². The number of hydrogen-bond acceptors (Lipinski definition) is 6. The highest BCUT2D eigenvalue weighted by Crippen LogP contribution is 2.35. The van der Waals surface area contributed by atoms with Gasteiger partial charge in [0.1, 0.15) is 5.82 Å². The van der Waals surface area contributed by atoms with E-state index < -0.39 is 0 Å². The van der Waals surface area contributed by atoms with Crippen LogP contribution in [0.1, 0.15) is 66.6 Å². The summed E-state index contributed by atoms with van der Waals surface area (Å²) >= 11 is 1.84. The molecule has 0 aliphatic rings. The molecule has 36 heavy (non-hydrogen) atoms. The first-order chi connectivity index (χ1) is 17.6. The Bertz CT molecular complexity index is 1440. The van der Waals surface area contributed by atoms with Crippen molar-refractivity contribution in [2.24, 2.45) is 0 Å². The van der Waals surface area contributed by atoms with E-state index in [2.05, 4.69) is 65.6 Å². The Morgan fingerprint density at radius 3 is 2.78 bits per heavy atom. The minimum Gasteiger partial charge on any atom is -0.397 e. The minimum atomic E-state index is 0.424. The van der Waals surface area contributed by atoms with Crippen LogP contribution in [0.5, 0.6) is 0 Å². The first-order valence-corrected chi connectivity index (χ1v) is 13.7. The van der Waals surface area contributed by atoms with Crippen LogP contribution in [-0.4, -0.2) is 19.6 Å². The summed E-state index contributed by atoms with van der Waals surface area (Å²) in [5.74, 6) is 1.40. The number of thiophene rings is 1. The van der Waals surface area contributed by atoms with Gasteiger partial charge in [-0.05, 0) is 50.3 Å². The summed E-state index contributed by atoms with van der Waals surface area (Å²) in [7, 11) is 0. The Labute approximate surface area is 216 Å². The van der Waals surface area contributed by atoms with Crippen LogP contribution in [0.2, 0.25) is 0 Å². The number of anilines is 2. The van der Waals surface area contributed by atoms with Crippen molar-refractivity contribution in [3.8, 4) is 0 Å². The molecule has 7 heteroatoms. The van der Waals surface area contributed by atoms with Gasteiger partial charge in [0.2, 0.25) is 0 Å². The zero-order valence-electron chi connectivity index (χ0n) is 21.1. The number of nitrogens with zero attached hydrogens (tertiary/aromatic N) is 4. The van der Waals surface area contributed by atoms with Crippen LogP contribution in [0.3, 0.4) is 0 Å². The number of hydrogen-bond donors (Lipinski definition) is 2. The third kappa shape index (κ3) is 5.21. The number of fused-ring (bicyclic) bond motifs is 2. The maximum atomic E-state index is 6.45. The smallest absolute Gasteiger partial charge is 0.160 e. The molecule has 6 nitrogen and oxygen atoms in total. The van der Waals surface area contributed by atoms with E-state index in [0.29, 0.717) is 12.5 Å². The average molecular weight is 499 g/mol. The summed E-state index contributed by atoms with van der Waals surface area (Å²) in [6.07, 6.45) is 12.3. The minimum absolute atomic E-state index is 0.424. The Kier molecular flexibility index (Phi) is 7.47. The molecule has 0 bridgehead atoms. The summed E-state index contributed by atoms with van der Waals surface area (Å²) < 4.78 is 3.21. The zero-order chi connectivity index (χ0) is 24.9. The number of nitrogens with one attached hydrogen (secondary N) is 1. The van der Waals surface area contributed by atoms with Crippen LogP contribution in [-0.2, 0) is 13.0 Å². The molecule has 4 aromatic heterocycles. The van der Waals surface area contributed by atoms with Gasteiger partial charge in [-0.1, -0.05) is 44.0 Å². The molecule has 186 valence electrons. The highest BCUT2D eigenvalue weighted by atomic mass is 32.1. The molecule has 3 N–H and O–H groups in total. The van der Waals surface area contributed by atoms with E-state index >= 15 is 0 Å². The van der Waals surface area contributed by atoms with Gasteiger partial charge in [-0.2, -0.15) is 9.61 Å². The van der Waals surface area contributed by atoms with E-state index in [0.717, 1.165) is 72.5 Å². The van der Waals surface area contributed by atoms with Crippen molar-refractivity contribution in [3.05, 3.63) is 82.8 Å².